The van der Waals surface area contributed by atoms with Crippen LogP contribution in [0.2, 0.25) is 0 Å². The van der Waals surface area contributed by atoms with Crippen molar-refractivity contribution >= 4 is 22.4 Å². The van der Waals surface area contributed by atoms with Gasteiger partial charge >= 0.3 is 5.97 Å². The number of carbonyl (C=O) groups excluding carboxylic acids is 1. The van der Waals surface area contributed by atoms with Gasteiger partial charge in [-0.1, -0.05) is 54.6 Å². The van der Waals surface area contributed by atoms with Gasteiger partial charge in [0.25, 0.3) is 0 Å². The number of nitrogens with zero attached hydrogens (tertiary/aromatic N) is 2. The molecule has 0 bridgehead atoms. The molecule has 4 heteroatoms. The van der Waals surface area contributed by atoms with Crippen molar-refractivity contribution in [1.29, 1.82) is 0 Å². The normalized spacial score (nSPS) is 28.0. The number of rotatable bonds is 4. The fraction of sp³-hybridized carbons (Fsp3) is 0.433. The molecule has 1 spiro atoms. The van der Waals surface area contributed by atoms with E-state index in [-0.39, 0.29) is 17.3 Å². The predicted molar refractivity (Wildman–Crippen MR) is 135 cm³/mol. The van der Waals surface area contributed by atoms with E-state index in [0.29, 0.717) is 18.7 Å². The Morgan fingerprint density at radius 1 is 1.03 bits per heavy atom. The van der Waals surface area contributed by atoms with E-state index in [0.717, 1.165) is 32.5 Å². The number of benzene rings is 3. The van der Waals surface area contributed by atoms with Gasteiger partial charge in [0, 0.05) is 42.8 Å². The molecule has 0 N–H and O–H groups in total. The molecule has 7 rings (SSSR count). The first-order valence-corrected chi connectivity index (χ1v) is 13.0. The molecule has 3 aromatic rings. The van der Waals surface area contributed by atoms with E-state index >= 15 is 0 Å². The average molecular weight is 453 g/mol. The third kappa shape index (κ3) is 2.91. The number of fused-ring (bicyclic) bond motifs is 2. The molecule has 0 aromatic heterocycles. The largest absolute Gasteiger partial charge is 0.466 e. The zero-order valence-electron chi connectivity index (χ0n) is 19.9. The molecule has 3 aromatic carbocycles. The van der Waals surface area contributed by atoms with Crippen LogP contribution >= 0.6 is 0 Å². The number of ether oxygens (including phenoxy) is 1. The average Bonchev–Trinajstić information content (AvgIpc) is 3.35. The van der Waals surface area contributed by atoms with Crippen molar-refractivity contribution < 1.29 is 9.53 Å². The van der Waals surface area contributed by atoms with Crippen LogP contribution in [-0.4, -0.2) is 43.2 Å². The second-order valence-electron chi connectivity index (χ2n) is 10.7. The van der Waals surface area contributed by atoms with Crippen LogP contribution in [0, 0.1) is 5.92 Å². The third-order valence-corrected chi connectivity index (χ3v) is 9.02. The van der Waals surface area contributed by atoms with Gasteiger partial charge in [-0.25, -0.2) is 0 Å². The van der Waals surface area contributed by atoms with E-state index in [1.807, 2.05) is 6.92 Å². The summed E-state index contributed by atoms with van der Waals surface area (Å²) in [6, 6.07) is 23.4. The maximum Gasteiger partial charge on any atom is 0.309 e. The second kappa shape index (κ2) is 7.58. The predicted octanol–water partition coefficient (Wildman–Crippen LogP) is 5.24. The summed E-state index contributed by atoms with van der Waals surface area (Å²) >= 11 is 0. The Morgan fingerprint density at radius 2 is 1.82 bits per heavy atom. The molecule has 4 aliphatic rings. The standard InChI is InChI=1S/C30H32N2O2/c1-2-34-29(33)25-18-30(25)19-32(26-12-4-3-11-24(26)30)22-13-15-31(16-14-22)27-17-21-9-5-7-20-8-6-10-23(27)28(20)21/h3-12,22,25,27H,2,13-19H2,1H3. The zero-order chi connectivity index (χ0) is 22.9. The van der Waals surface area contributed by atoms with Crippen LogP contribution in [0.1, 0.15) is 48.9 Å². The Morgan fingerprint density at radius 3 is 2.65 bits per heavy atom. The zero-order valence-corrected chi connectivity index (χ0v) is 19.9. The van der Waals surface area contributed by atoms with Crippen molar-refractivity contribution in [2.75, 3.05) is 31.1 Å². The number of hydrogen-bond acceptors (Lipinski definition) is 4. The van der Waals surface area contributed by atoms with Crippen LogP contribution in [0.25, 0.3) is 10.8 Å². The maximum absolute atomic E-state index is 12.6. The number of para-hydroxylation sites is 1. The molecule has 174 valence electrons. The van der Waals surface area contributed by atoms with Gasteiger partial charge in [-0.15, -0.1) is 0 Å². The molecule has 1 saturated heterocycles. The van der Waals surface area contributed by atoms with Crippen LogP contribution < -0.4 is 4.90 Å². The lowest BCUT2D eigenvalue weighted by Gasteiger charge is -2.41. The minimum Gasteiger partial charge on any atom is -0.466 e. The van der Waals surface area contributed by atoms with Gasteiger partial charge in [-0.2, -0.15) is 0 Å². The van der Waals surface area contributed by atoms with Crippen LogP contribution in [0.5, 0.6) is 0 Å². The first kappa shape index (κ1) is 20.5. The van der Waals surface area contributed by atoms with Crippen molar-refractivity contribution in [3.05, 3.63) is 77.4 Å². The third-order valence-electron chi connectivity index (χ3n) is 9.02. The van der Waals surface area contributed by atoms with Crippen LogP contribution in [0.3, 0.4) is 0 Å². The van der Waals surface area contributed by atoms with Gasteiger partial charge in [0.1, 0.15) is 0 Å². The van der Waals surface area contributed by atoms with E-state index in [4.69, 9.17) is 4.74 Å². The Labute approximate surface area is 201 Å². The second-order valence-corrected chi connectivity index (χ2v) is 10.7. The number of hydrogen-bond donors (Lipinski definition) is 0. The molecule has 0 radical (unpaired) electrons. The van der Waals surface area contributed by atoms with E-state index in [2.05, 4.69) is 70.5 Å². The topological polar surface area (TPSA) is 32.8 Å². The number of anilines is 1. The molecule has 0 amide bonds. The summed E-state index contributed by atoms with van der Waals surface area (Å²) in [5.41, 5.74) is 5.73. The van der Waals surface area contributed by atoms with Crippen molar-refractivity contribution in [3.63, 3.8) is 0 Å². The van der Waals surface area contributed by atoms with E-state index in [9.17, 15) is 4.79 Å². The lowest BCUT2D eigenvalue weighted by atomic mass is 9.95. The van der Waals surface area contributed by atoms with E-state index in [1.54, 1.807) is 0 Å². The molecule has 34 heavy (non-hydrogen) atoms. The molecule has 2 aliphatic heterocycles. The quantitative estimate of drug-likeness (QED) is 0.507. The van der Waals surface area contributed by atoms with Gasteiger partial charge in [0.05, 0.1) is 12.5 Å². The Balaban J connectivity index is 1.09. The molecule has 2 heterocycles. The van der Waals surface area contributed by atoms with Gasteiger partial charge in [-0.3, -0.25) is 9.69 Å². The summed E-state index contributed by atoms with van der Waals surface area (Å²) in [5, 5.41) is 2.87. The first-order valence-electron chi connectivity index (χ1n) is 13.0. The van der Waals surface area contributed by atoms with Crippen molar-refractivity contribution in [1.82, 2.24) is 4.90 Å². The van der Waals surface area contributed by atoms with Crippen LogP contribution in [-0.2, 0) is 21.4 Å². The molecular weight excluding hydrogens is 420 g/mol. The number of likely N-dealkylation sites (tertiary alicyclic amines) is 1. The van der Waals surface area contributed by atoms with Gasteiger partial charge in [0.2, 0.25) is 0 Å². The lowest BCUT2D eigenvalue weighted by molar-refractivity contribution is -0.145. The van der Waals surface area contributed by atoms with Crippen molar-refractivity contribution in [3.8, 4) is 0 Å². The molecule has 3 atom stereocenters. The summed E-state index contributed by atoms with van der Waals surface area (Å²) in [7, 11) is 0. The summed E-state index contributed by atoms with van der Waals surface area (Å²) < 4.78 is 5.41. The summed E-state index contributed by atoms with van der Waals surface area (Å²) in [6.45, 7) is 5.60. The summed E-state index contributed by atoms with van der Waals surface area (Å²) in [5.74, 6) is 0.0140. The minimum absolute atomic E-state index is 0.0102. The van der Waals surface area contributed by atoms with Gasteiger partial charge < -0.3 is 9.64 Å². The molecule has 2 aliphatic carbocycles. The highest BCUT2D eigenvalue weighted by Crippen LogP contribution is 2.62. The Bertz CT molecular complexity index is 1270. The van der Waals surface area contributed by atoms with Crippen LogP contribution in [0.15, 0.2) is 60.7 Å². The van der Waals surface area contributed by atoms with Gasteiger partial charge in [-0.05, 0) is 66.1 Å². The van der Waals surface area contributed by atoms with Crippen LogP contribution in [0.4, 0.5) is 5.69 Å². The highest BCUT2D eigenvalue weighted by molar-refractivity contribution is 5.91. The smallest absolute Gasteiger partial charge is 0.309 e. The molecule has 1 saturated carbocycles. The van der Waals surface area contributed by atoms with Gasteiger partial charge in [0.15, 0.2) is 0 Å². The van der Waals surface area contributed by atoms with Crippen molar-refractivity contribution in [2.24, 2.45) is 5.92 Å². The number of piperidine rings is 1. The fourth-order valence-corrected chi connectivity index (χ4v) is 7.33. The molecule has 4 nitrogen and oxygen atoms in total. The highest BCUT2D eigenvalue weighted by Gasteiger charge is 2.64. The molecule has 2 fully saturated rings. The SMILES string of the molecule is CCOC(=O)C1CC12CN(C1CCN(C3Cc4cccc5cccc3c45)CC1)c1ccccc12. The molecule has 3 unspecified atom stereocenters. The minimum atomic E-state index is -0.0251. The van der Waals surface area contributed by atoms with Crippen molar-refractivity contribution in [2.45, 2.75) is 50.1 Å². The first-order chi connectivity index (χ1) is 16.7. The number of carbonyl (C=O) groups is 1. The lowest BCUT2D eigenvalue weighted by Crippen LogP contribution is -2.46. The van der Waals surface area contributed by atoms with E-state index < -0.39 is 0 Å². The summed E-state index contributed by atoms with van der Waals surface area (Å²) in [6.07, 6.45) is 4.43. The van der Waals surface area contributed by atoms with E-state index in [1.165, 1.54) is 46.0 Å². The highest BCUT2D eigenvalue weighted by atomic mass is 16.5. The number of esters is 1. The monoisotopic (exact) mass is 452 g/mol. The molecular formula is C30H32N2O2. The Hall–Kier alpha value is -2.85. The summed E-state index contributed by atoms with van der Waals surface area (Å²) in [4.78, 5) is 17.9. The maximum atomic E-state index is 12.6. The Kier molecular flexibility index (Phi) is 4.57. The fourth-order valence-electron chi connectivity index (χ4n) is 7.33.